The van der Waals surface area contributed by atoms with E-state index in [2.05, 4.69) is 40.5 Å². The molecular weight excluding hydrogens is 404 g/mol. The van der Waals surface area contributed by atoms with Gasteiger partial charge in [0.05, 0.1) is 13.2 Å². The fraction of sp³-hybridized carbons (Fsp3) is 0.913. The molecule has 4 aliphatic carbocycles. The van der Waals surface area contributed by atoms with E-state index in [9.17, 15) is 5.11 Å². The highest BCUT2D eigenvalue weighted by Gasteiger charge is 2.65. The van der Waals surface area contributed by atoms with Gasteiger partial charge in [-0.05, 0) is 78.9 Å². The molecular formula is C23H33BrO3. The molecule has 4 saturated carbocycles. The number of aliphatic hydroxyl groups is 1. The van der Waals surface area contributed by atoms with Crippen molar-refractivity contribution in [3.63, 3.8) is 0 Å². The zero-order chi connectivity index (χ0) is 18.9. The van der Waals surface area contributed by atoms with Gasteiger partial charge in [0, 0.05) is 34.2 Å². The van der Waals surface area contributed by atoms with Crippen molar-refractivity contribution in [1.82, 2.24) is 0 Å². The summed E-state index contributed by atoms with van der Waals surface area (Å²) in [6.45, 7) is 6.42. The Morgan fingerprint density at radius 3 is 2.41 bits per heavy atom. The van der Waals surface area contributed by atoms with Crippen LogP contribution in [0.25, 0.3) is 0 Å². The van der Waals surface area contributed by atoms with E-state index in [0.717, 1.165) is 63.1 Å². The minimum Gasteiger partial charge on any atom is -0.377 e. The molecule has 1 heterocycles. The van der Waals surface area contributed by atoms with Gasteiger partial charge in [-0.15, -0.1) is 0 Å². The molecule has 1 spiro atoms. The normalized spacial score (nSPS) is 53.2. The predicted molar refractivity (Wildman–Crippen MR) is 108 cm³/mol. The van der Waals surface area contributed by atoms with Gasteiger partial charge >= 0.3 is 0 Å². The van der Waals surface area contributed by atoms with Gasteiger partial charge in [0.25, 0.3) is 0 Å². The second kappa shape index (κ2) is 6.21. The van der Waals surface area contributed by atoms with Crippen molar-refractivity contribution >= 4 is 15.9 Å². The summed E-state index contributed by atoms with van der Waals surface area (Å²) in [5, 5.41) is 11.3. The number of ether oxygens (including phenoxy) is 2. The summed E-state index contributed by atoms with van der Waals surface area (Å²) in [5.41, 5.74) is -0.454. The highest BCUT2D eigenvalue weighted by atomic mass is 79.9. The Labute approximate surface area is 172 Å². The van der Waals surface area contributed by atoms with Crippen LogP contribution in [0.3, 0.4) is 0 Å². The summed E-state index contributed by atoms with van der Waals surface area (Å²) >= 11 is 3.24. The third-order valence-electron chi connectivity index (χ3n) is 9.89. The van der Waals surface area contributed by atoms with Crippen LogP contribution in [-0.4, -0.2) is 29.7 Å². The lowest BCUT2D eigenvalue weighted by atomic mass is 9.44. The Morgan fingerprint density at radius 1 is 0.926 bits per heavy atom. The molecule has 1 saturated heterocycles. The Morgan fingerprint density at radius 2 is 1.67 bits per heavy atom. The number of halogens is 1. The van der Waals surface area contributed by atoms with Crippen molar-refractivity contribution in [3.05, 3.63) is 0 Å². The van der Waals surface area contributed by atoms with Crippen LogP contribution in [-0.2, 0) is 9.47 Å². The average molecular weight is 437 g/mol. The van der Waals surface area contributed by atoms with Crippen LogP contribution in [0.2, 0.25) is 0 Å². The van der Waals surface area contributed by atoms with Crippen LogP contribution < -0.4 is 0 Å². The minimum absolute atomic E-state index is 0.0499. The lowest BCUT2D eigenvalue weighted by Gasteiger charge is -2.62. The first-order valence-electron chi connectivity index (χ1n) is 11.0. The summed E-state index contributed by atoms with van der Waals surface area (Å²) in [4.78, 5) is 2.85. The molecule has 1 N–H and O–H groups in total. The first-order valence-corrected chi connectivity index (χ1v) is 11.8. The quantitative estimate of drug-likeness (QED) is 0.551. The van der Waals surface area contributed by atoms with E-state index in [0.29, 0.717) is 11.3 Å². The number of hydrogen-bond donors (Lipinski definition) is 1. The number of hydrogen-bond acceptors (Lipinski definition) is 3. The Hall–Kier alpha value is -0.0800. The van der Waals surface area contributed by atoms with Crippen LogP contribution in [0.1, 0.15) is 71.6 Å². The van der Waals surface area contributed by atoms with E-state index >= 15 is 0 Å². The van der Waals surface area contributed by atoms with Crippen LogP contribution in [0, 0.1) is 45.3 Å². The van der Waals surface area contributed by atoms with Gasteiger partial charge < -0.3 is 14.6 Å². The Balaban J connectivity index is 1.41. The maximum atomic E-state index is 11.3. The van der Waals surface area contributed by atoms with Crippen molar-refractivity contribution in [2.24, 2.45) is 34.5 Å². The molecule has 0 aromatic heterocycles. The fourth-order valence-corrected chi connectivity index (χ4v) is 8.58. The van der Waals surface area contributed by atoms with Crippen molar-refractivity contribution in [2.75, 3.05) is 13.2 Å². The van der Waals surface area contributed by atoms with Crippen molar-refractivity contribution in [1.29, 1.82) is 0 Å². The Bertz CT molecular complexity index is 677. The number of fused-ring (bicyclic) bond motifs is 5. The third-order valence-corrected chi connectivity index (χ3v) is 10.1. The van der Waals surface area contributed by atoms with Crippen LogP contribution in [0.5, 0.6) is 0 Å². The molecule has 0 unspecified atom stereocenters. The third kappa shape index (κ3) is 2.51. The standard InChI is InChI=1S/C23H33BrO3/c1-20-9-10-23(26-13-14-27-23)15-16(20)3-4-17-18(20)5-7-21(2)19(17)6-8-22(21,25)11-12-24/h16-19,25H,3-10,13-15H2,1-2H3/t16-,17+,18-,19-,20-,21-,22+/m0/s1. The van der Waals surface area contributed by atoms with E-state index in [4.69, 9.17) is 9.47 Å². The number of rotatable bonds is 0. The maximum absolute atomic E-state index is 11.3. The molecule has 0 bridgehead atoms. The van der Waals surface area contributed by atoms with Gasteiger partial charge in [-0.25, -0.2) is 0 Å². The minimum atomic E-state index is -0.813. The summed E-state index contributed by atoms with van der Waals surface area (Å²) in [5.74, 6) is 5.74. The predicted octanol–water partition coefficient (Wildman–Crippen LogP) is 4.86. The van der Waals surface area contributed by atoms with Crippen molar-refractivity contribution in [2.45, 2.75) is 83.0 Å². The molecule has 3 nitrogen and oxygen atoms in total. The van der Waals surface area contributed by atoms with Crippen LogP contribution in [0.15, 0.2) is 0 Å². The molecule has 150 valence electrons. The van der Waals surface area contributed by atoms with E-state index in [1.54, 1.807) is 0 Å². The molecule has 0 aromatic rings. The summed E-state index contributed by atoms with van der Waals surface area (Å²) in [6, 6.07) is 0. The van der Waals surface area contributed by atoms with Crippen molar-refractivity contribution in [3.8, 4) is 10.8 Å². The van der Waals surface area contributed by atoms with Gasteiger partial charge in [-0.3, -0.25) is 0 Å². The highest BCUT2D eigenvalue weighted by molar-refractivity contribution is 9.12. The van der Waals surface area contributed by atoms with Gasteiger partial charge in [0.15, 0.2) is 5.79 Å². The average Bonchev–Trinajstić information content (AvgIpc) is 3.19. The smallest absolute Gasteiger partial charge is 0.168 e. The lowest BCUT2D eigenvalue weighted by molar-refractivity contribution is -0.231. The zero-order valence-corrected chi connectivity index (χ0v) is 18.3. The molecule has 4 heteroatoms. The second-order valence-corrected chi connectivity index (χ2v) is 10.9. The first-order chi connectivity index (χ1) is 12.9. The van der Waals surface area contributed by atoms with E-state index in [-0.39, 0.29) is 11.2 Å². The van der Waals surface area contributed by atoms with Gasteiger partial charge in [0.2, 0.25) is 0 Å². The maximum Gasteiger partial charge on any atom is 0.168 e. The Kier molecular flexibility index (Phi) is 4.35. The topological polar surface area (TPSA) is 38.7 Å². The molecule has 7 atom stereocenters. The molecule has 5 fully saturated rings. The molecule has 0 aromatic carbocycles. The fourth-order valence-electron chi connectivity index (χ4n) is 8.26. The van der Waals surface area contributed by atoms with E-state index in [1.807, 2.05) is 0 Å². The monoisotopic (exact) mass is 436 g/mol. The molecule has 5 rings (SSSR count). The summed E-state index contributed by atoms with van der Waals surface area (Å²) in [6.07, 6.45) is 10.3. The zero-order valence-electron chi connectivity index (χ0n) is 16.7. The van der Waals surface area contributed by atoms with E-state index < -0.39 is 5.60 Å². The first kappa shape index (κ1) is 18.9. The van der Waals surface area contributed by atoms with Gasteiger partial charge in [-0.2, -0.15) is 0 Å². The second-order valence-electron chi connectivity index (χ2n) is 10.5. The molecule has 5 aliphatic rings. The van der Waals surface area contributed by atoms with Gasteiger partial charge in [0.1, 0.15) is 5.60 Å². The van der Waals surface area contributed by atoms with Crippen LogP contribution >= 0.6 is 15.9 Å². The SMILES string of the molecule is C[C@]12CCC3(C[C@@H]1CC[C@@H]1[C@@H]2CC[C@@]2(C)[C@H]1CC[C@@]2(O)C#CBr)OCCO3. The molecule has 0 radical (unpaired) electrons. The lowest BCUT2D eigenvalue weighted by Crippen LogP contribution is -2.58. The summed E-state index contributed by atoms with van der Waals surface area (Å²) in [7, 11) is 0. The van der Waals surface area contributed by atoms with E-state index in [1.165, 1.54) is 25.7 Å². The van der Waals surface area contributed by atoms with Crippen LogP contribution in [0.4, 0.5) is 0 Å². The highest BCUT2D eigenvalue weighted by Crippen LogP contribution is 2.69. The van der Waals surface area contributed by atoms with Gasteiger partial charge in [-0.1, -0.05) is 19.8 Å². The largest absolute Gasteiger partial charge is 0.377 e. The summed E-state index contributed by atoms with van der Waals surface area (Å²) < 4.78 is 12.2. The van der Waals surface area contributed by atoms with Crippen molar-refractivity contribution < 1.29 is 14.6 Å². The molecule has 27 heavy (non-hydrogen) atoms. The molecule has 1 aliphatic heterocycles. The molecule has 0 amide bonds.